The second-order valence-corrected chi connectivity index (χ2v) is 6.27. The second kappa shape index (κ2) is 6.44. The van der Waals surface area contributed by atoms with Crippen molar-refractivity contribution >= 4 is 23.3 Å². The molecule has 0 atom stereocenters. The molecule has 1 aromatic heterocycles. The summed E-state index contributed by atoms with van der Waals surface area (Å²) in [4.78, 5) is 16.3. The minimum absolute atomic E-state index is 0.103. The van der Waals surface area contributed by atoms with Crippen LogP contribution in [0.15, 0.2) is 12.3 Å². The third-order valence-electron chi connectivity index (χ3n) is 4.08. The molecule has 5 heteroatoms. The van der Waals surface area contributed by atoms with E-state index in [-0.39, 0.29) is 11.3 Å². The number of hydrogen-bond acceptors (Lipinski definition) is 3. The Bertz CT molecular complexity index is 484. The van der Waals surface area contributed by atoms with Crippen molar-refractivity contribution in [2.24, 2.45) is 5.41 Å². The fourth-order valence-electron chi connectivity index (χ4n) is 2.72. The van der Waals surface area contributed by atoms with Crippen LogP contribution in [0.2, 0.25) is 5.02 Å². The maximum Gasteiger partial charge on any atom is 0.252 e. The molecule has 2 N–H and O–H groups in total. The number of carbonyl (C=O) groups excluding carboxylic acids is 1. The number of anilines is 1. The van der Waals surface area contributed by atoms with E-state index < -0.39 is 0 Å². The van der Waals surface area contributed by atoms with Gasteiger partial charge in [-0.15, -0.1) is 0 Å². The van der Waals surface area contributed by atoms with Crippen molar-refractivity contribution in [1.29, 1.82) is 0 Å². The highest BCUT2D eigenvalue weighted by molar-refractivity contribution is 6.33. The summed E-state index contributed by atoms with van der Waals surface area (Å²) in [7, 11) is 1.75. The SMILES string of the molecule is CNc1ncc(C(=O)NCC2(C)CCCCC2)cc1Cl. The molecule has 1 heterocycles. The van der Waals surface area contributed by atoms with Crippen LogP contribution < -0.4 is 10.6 Å². The van der Waals surface area contributed by atoms with Gasteiger partial charge in [-0.1, -0.05) is 37.8 Å². The van der Waals surface area contributed by atoms with Gasteiger partial charge in [0.2, 0.25) is 0 Å². The molecule has 1 aliphatic rings. The maximum absolute atomic E-state index is 12.2. The number of halogens is 1. The Kier molecular flexibility index (Phi) is 4.86. The highest BCUT2D eigenvalue weighted by atomic mass is 35.5. The second-order valence-electron chi connectivity index (χ2n) is 5.86. The average molecular weight is 296 g/mol. The monoisotopic (exact) mass is 295 g/mol. The van der Waals surface area contributed by atoms with E-state index in [1.165, 1.54) is 32.1 Å². The zero-order valence-electron chi connectivity index (χ0n) is 12.1. The van der Waals surface area contributed by atoms with Gasteiger partial charge in [-0.05, 0) is 24.3 Å². The summed E-state index contributed by atoms with van der Waals surface area (Å²) in [6, 6.07) is 1.65. The Labute approximate surface area is 125 Å². The Morgan fingerprint density at radius 2 is 2.10 bits per heavy atom. The van der Waals surface area contributed by atoms with Crippen LogP contribution in [0.25, 0.3) is 0 Å². The standard InChI is InChI=1S/C15H22ClN3O/c1-15(6-4-3-5-7-15)10-19-14(20)11-8-12(16)13(17-2)18-9-11/h8-9H,3-7,10H2,1-2H3,(H,17,18)(H,19,20). The van der Waals surface area contributed by atoms with Crippen LogP contribution in [0.4, 0.5) is 5.82 Å². The number of amides is 1. The lowest BCUT2D eigenvalue weighted by atomic mass is 9.76. The molecule has 0 bridgehead atoms. The first-order valence-corrected chi connectivity index (χ1v) is 7.53. The lowest BCUT2D eigenvalue weighted by Crippen LogP contribution is -2.37. The molecule has 0 saturated heterocycles. The van der Waals surface area contributed by atoms with E-state index in [0.717, 1.165) is 6.54 Å². The first-order chi connectivity index (χ1) is 9.54. The maximum atomic E-state index is 12.2. The molecule has 4 nitrogen and oxygen atoms in total. The molecule has 0 aliphatic heterocycles. The van der Waals surface area contributed by atoms with Gasteiger partial charge in [-0.3, -0.25) is 4.79 Å². The van der Waals surface area contributed by atoms with Crippen molar-refractivity contribution in [1.82, 2.24) is 10.3 Å². The Morgan fingerprint density at radius 1 is 1.40 bits per heavy atom. The van der Waals surface area contributed by atoms with Gasteiger partial charge in [0, 0.05) is 19.8 Å². The van der Waals surface area contributed by atoms with Gasteiger partial charge in [0.15, 0.2) is 0 Å². The quantitative estimate of drug-likeness (QED) is 0.894. The van der Waals surface area contributed by atoms with Crippen molar-refractivity contribution in [2.45, 2.75) is 39.0 Å². The molecule has 0 aromatic carbocycles. The van der Waals surface area contributed by atoms with Gasteiger partial charge in [0.1, 0.15) is 5.82 Å². The lowest BCUT2D eigenvalue weighted by Gasteiger charge is -2.33. The van der Waals surface area contributed by atoms with Gasteiger partial charge in [0.25, 0.3) is 5.91 Å². The Hall–Kier alpha value is -1.29. The van der Waals surface area contributed by atoms with Crippen LogP contribution in [0.5, 0.6) is 0 Å². The van der Waals surface area contributed by atoms with Crippen molar-refractivity contribution in [3.63, 3.8) is 0 Å². The van der Waals surface area contributed by atoms with Crippen LogP contribution in [-0.4, -0.2) is 24.5 Å². The number of nitrogens with zero attached hydrogens (tertiary/aromatic N) is 1. The highest BCUT2D eigenvalue weighted by Gasteiger charge is 2.27. The van der Waals surface area contributed by atoms with E-state index >= 15 is 0 Å². The molecule has 1 amide bonds. The Balaban J connectivity index is 1.96. The number of hydrogen-bond donors (Lipinski definition) is 2. The summed E-state index contributed by atoms with van der Waals surface area (Å²) < 4.78 is 0. The third-order valence-corrected chi connectivity index (χ3v) is 4.36. The number of aromatic nitrogens is 1. The van der Waals surface area contributed by atoms with Crippen molar-refractivity contribution in [3.05, 3.63) is 22.8 Å². The molecular formula is C15H22ClN3O. The first kappa shape index (κ1) is 15.1. The summed E-state index contributed by atoms with van der Waals surface area (Å²) in [5, 5.41) is 6.35. The summed E-state index contributed by atoms with van der Waals surface area (Å²) >= 11 is 6.04. The molecule has 0 unspecified atom stereocenters. The fraction of sp³-hybridized carbons (Fsp3) is 0.600. The van der Waals surface area contributed by atoms with Crippen LogP contribution >= 0.6 is 11.6 Å². The molecule has 0 spiro atoms. The van der Waals surface area contributed by atoms with Crippen molar-refractivity contribution < 1.29 is 4.79 Å². The van der Waals surface area contributed by atoms with Gasteiger partial charge in [-0.2, -0.15) is 0 Å². The first-order valence-electron chi connectivity index (χ1n) is 7.16. The van der Waals surface area contributed by atoms with Gasteiger partial charge in [-0.25, -0.2) is 4.98 Å². The van der Waals surface area contributed by atoms with E-state index in [1.54, 1.807) is 19.3 Å². The molecule has 20 heavy (non-hydrogen) atoms. The van der Waals surface area contributed by atoms with E-state index in [0.29, 0.717) is 16.4 Å². The van der Waals surface area contributed by atoms with E-state index in [4.69, 9.17) is 11.6 Å². The predicted octanol–water partition coefficient (Wildman–Crippen LogP) is 3.48. The number of pyridine rings is 1. The van der Waals surface area contributed by atoms with Crippen LogP contribution in [-0.2, 0) is 0 Å². The highest BCUT2D eigenvalue weighted by Crippen LogP contribution is 2.35. The van der Waals surface area contributed by atoms with Crippen LogP contribution in [0, 0.1) is 5.41 Å². The van der Waals surface area contributed by atoms with E-state index in [1.807, 2.05) is 0 Å². The normalized spacial score (nSPS) is 17.6. The molecule has 1 fully saturated rings. The molecule has 1 aromatic rings. The fourth-order valence-corrected chi connectivity index (χ4v) is 2.98. The van der Waals surface area contributed by atoms with Gasteiger partial charge >= 0.3 is 0 Å². The lowest BCUT2D eigenvalue weighted by molar-refractivity contribution is 0.0919. The predicted molar refractivity (Wildman–Crippen MR) is 82.3 cm³/mol. The molecule has 110 valence electrons. The summed E-state index contributed by atoms with van der Waals surface area (Å²) in [6.07, 6.45) is 7.76. The summed E-state index contributed by atoms with van der Waals surface area (Å²) in [6.45, 7) is 2.97. The van der Waals surface area contributed by atoms with Crippen LogP contribution in [0.1, 0.15) is 49.4 Å². The summed E-state index contributed by atoms with van der Waals surface area (Å²) in [5.74, 6) is 0.483. The molecule has 1 saturated carbocycles. The van der Waals surface area contributed by atoms with Gasteiger partial charge in [0.05, 0.1) is 10.6 Å². The van der Waals surface area contributed by atoms with E-state index in [9.17, 15) is 4.79 Å². The molecule has 2 rings (SSSR count). The van der Waals surface area contributed by atoms with Crippen molar-refractivity contribution in [2.75, 3.05) is 18.9 Å². The minimum atomic E-state index is -0.103. The largest absolute Gasteiger partial charge is 0.372 e. The van der Waals surface area contributed by atoms with Gasteiger partial charge < -0.3 is 10.6 Å². The molecule has 1 aliphatic carbocycles. The number of nitrogens with one attached hydrogen (secondary N) is 2. The van der Waals surface area contributed by atoms with E-state index in [2.05, 4.69) is 22.5 Å². The zero-order chi connectivity index (χ0) is 14.6. The van der Waals surface area contributed by atoms with Crippen molar-refractivity contribution in [3.8, 4) is 0 Å². The zero-order valence-corrected chi connectivity index (χ0v) is 12.9. The number of rotatable bonds is 4. The smallest absolute Gasteiger partial charge is 0.252 e. The molecule has 0 radical (unpaired) electrons. The average Bonchev–Trinajstić information content (AvgIpc) is 2.45. The van der Waals surface area contributed by atoms with Crippen LogP contribution in [0.3, 0.4) is 0 Å². The third kappa shape index (κ3) is 3.63. The molecular weight excluding hydrogens is 274 g/mol. The number of carbonyl (C=O) groups is 1. The summed E-state index contributed by atoms with van der Waals surface area (Å²) in [5.41, 5.74) is 0.740. The Morgan fingerprint density at radius 3 is 2.70 bits per heavy atom. The minimum Gasteiger partial charge on any atom is -0.372 e. The topological polar surface area (TPSA) is 54.0 Å².